The number of guanidine groups is 1. The highest BCUT2D eigenvalue weighted by Gasteiger charge is 2.00. The van der Waals surface area contributed by atoms with E-state index in [-0.39, 0.29) is 0 Å². The Balaban J connectivity index is 2.32. The number of nitrogens with one attached hydrogen (secondary N) is 2. The maximum absolute atomic E-state index is 5.75. The van der Waals surface area contributed by atoms with Crippen molar-refractivity contribution in [3.05, 3.63) is 29.8 Å². The van der Waals surface area contributed by atoms with Gasteiger partial charge in [0.05, 0.1) is 6.61 Å². The van der Waals surface area contributed by atoms with Crippen LogP contribution < -0.4 is 15.4 Å². The van der Waals surface area contributed by atoms with Crippen molar-refractivity contribution in [1.29, 1.82) is 0 Å². The largest absolute Gasteiger partial charge is 0.494 e. The monoisotopic (exact) mass is 337 g/mol. The summed E-state index contributed by atoms with van der Waals surface area (Å²) in [5, 5.41) is 6.70. The summed E-state index contributed by atoms with van der Waals surface area (Å²) in [6.45, 7) is 4.66. The summed E-state index contributed by atoms with van der Waals surface area (Å²) >= 11 is 1.90. The summed E-state index contributed by atoms with van der Waals surface area (Å²) < 4.78 is 5.75. The Morgan fingerprint density at radius 3 is 2.83 bits per heavy atom. The molecule has 130 valence electrons. The molecule has 1 aromatic rings. The van der Waals surface area contributed by atoms with Crippen LogP contribution in [0.5, 0.6) is 5.75 Å². The van der Waals surface area contributed by atoms with E-state index in [4.69, 9.17) is 4.74 Å². The molecule has 2 N–H and O–H groups in total. The van der Waals surface area contributed by atoms with E-state index < -0.39 is 0 Å². The van der Waals surface area contributed by atoms with Gasteiger partial charge in [0.2, 0.25) is 0 Å². The lowest BCUT2D eigenvalue weighted by atomic mass is 10.2. The van der Waals surface area contributed by atoms with Crippen molar-refractivity contribution in [1.82, 2.24) is 10.6 Å². The van der Waals surface area contributed by atoms with Gasteiger partial charge in [-0.25, -0.2) is 0 Å². The third-order valence-electron chi connectivity index (χ3n) is 3.42. The number of aliphatic imine (C=N–C) groups is 1. The Labute approximate surface area is 145 Å². The molecule has 0 atom stereocenters. The van der Waals surface area contributed by atoms with E-state index in [9.17, 15) is 0 Å². The van der Waals surface area contributed by atoms with Crippen LogP contribution in [0.4, 0.5) is 0 Å². The van der Waals surface area contributed by atoms with E-state index >= 15 is 0 Å². The molecule has 1 aromatic carbocycles. The number of unbranched alkanes of at least 4 members (excludes halogenated alkanes) is 2. The average molecular weight is 338 g/mol. The highest BCUT2D eigenvalue weighted by atomic mass is 32.2. The molecule has 0 aliphatic carbocycles. The second-order valence-corrected chi connectivity index (χ2v) is 6.39. The SMILES string of the molecule is CCCCOc1cccc(CNC(=NC)NCCCCSC)c1. The van der Waals surface area contributed by atoms with Crippen LogP contribution in [0.2, 0.25) is 0 Å². The van der Waals surface area contributed by atoms with Gasteiger partial charge in [0.15, 0.2) is 5.96 Å². The molecule has 0 spiro atoms. The third kappa shape index (κ3) is 9.39. The van der Waals surface area contributed by atoms with E-state index in [1.54, 1.807) is 0 Å². The van der Waals surface area contributed by atoms with E-state index in [1.165, 1.54) is 24.2 Å². The fourth-order valence-electron chi connectivity index (χ4n) is 2.06. The second-order valence-electron chi connectivity index (χ2n) is 5.40. The van der Waals surface area contributed by atoms with Crippen LogP contribution in [0, 0.1) is 0 Å². The highest BCUT2D eigenvalue weighted by Crippen LogP contribution is 2.13. The highest BCUT2D eigenvalue weighted by molar-refractivity contribution is 7.98. The zero-order valence-corrected chi connectivity index (χ0v) is 15.5. The van der Waals surface area contributed by atoms with Gasteiger partial charge in [0, 0.05) is 20.1 Å². The van der Waals surface area contributed by atoms with Gasteiger partial charge in [-0.1, -0.05) is 25.5 Å². The van der Waals surface area contributed by atoms with Crippen molar-refractivity contribution in [3.8, 4) is 5.75 Å². The molecule has 0 heterocycles. The van der Waals surface area contributed by atoms with Crippen molar-refractivity contribution in [2.24, 2.45) is 4.99 Å². The number of thioether (sulfide) groups is 1. The Kier molecular flexibility index (Phi) is 11.2. The normalized spacial score (nSPS) is 11.3. The van der Waals surface area contributed by atoms with Crippen LogP contribution in [0.15, 0.2) is 29.3 Å². The van der Waals surface area contributed by atoms with Crippen LogP contribution in [-0.2, 0) is 6.54 Å². The van der Waals surface area contributed by atoms with Gasteiger partial charge in [0.25, 0.3) is 0 Å². The summed E-state index contributed by atoms with van der Waals surface area (Å²) in [6.07, 6.45) is 6.80. The van der Waals surface area contributed by atoms with Crippen molar-refractivity contribution in [3.63, 3.8) is 0 Å². The summed E-state index contributed by atoms with van der Waals surface area (Å²) in [5.41, 5.74) is 1.20. The molecule has 0 unspecified atom stereocenters. The minimum absolute atomic E-state index is 0.745. The zero-order valence-electron chi connectivity index (χ0n) is 14.7. The number of hydrogen-bond acceptors (Lipinski definition) is 3. The van der Waals surface area contributed by atoms with Gasteiger partial charge in [-0.3, -0.25) is 4.99 Å². The van der Waals surface area contributed by atoms with Crippen LogP contribution in [-0.4, -0.2) is 38.2 Å². The Hall–Kier alpha value is -1.36. The lowest BCUT2D eigenvalue weighted by Gasteiger charge is -2.12. The Bertz CT molecular complexity index is 452. The maximum atomic E-state index is 5.75. The standard InChI is InChI=1S/C18H31N3OS/c1-4-5-12-22-17-10-8-9-16(14-17)15-21-18(19-2)20-11-6-7-13-23-3/h8-10,14H,4-7,11-13,15H2,1-3H3,(H2,19,20,21). The molecule has 0 aliphatic heterocycles. The van der Waals surface area contributed by atoms with E-state index in [1.807, 2.05) is 30.9 Å². The van der Waals surface area contributed by atoms with Crippen LogP contribution in [0.3, 0.4) is 0 Å². The number of benzene rings is 1. The van der Waals surface area contributed by atoms with Gasteiger partial charge in [-0.05, 0) is 49.0 Å². The molecule has 5 heteroatoms. The molecule has 0 saturated carbocycles. The minimum Gasteiger partial charge on any atom is -0.494 e. The quantitative estimate of drug-likeness (QED) is 0.367. The maximum Gasteiger partial charge on any atom is 0.191 e. The fraction of sp³-hybridized carbons (Fsp3) is 0.611. The van der Waals surface area contributed by atoms with Crippen molar-refractivity contribution in [2.45, 2.75) is 39.2 Å². The molecule has 0 aromatic heterocycles. The molecule has 0 bridgehead atoms. The number of hydrogen-bond donors (Lipinski definition) is 2. The predicted molar refractivity (Wildman–Crippen MR) is 103 cm³/mol. The summed E-state index contributed by atoms with van der Waals surface area (Å²) in [5.74, 6) is 3.02. The first-order chi connectivity index (χ1) is 11.3. The molecule has 1 rings (SSSR count). The fourth-order valence-corrected chi connectivity index (χ4v) is 2.56. The van der Waals surface area contributed by atoms with Gasteiger partial charge in [-0.2, -0.15) is 11.8 Å². The molecule has 4 nitrogen and oxygen atoms in total. The summed E-state index contributed by atoms with van der Waals surface area (Å²) in [4.78, 5) is 4.26. The lowest BCUT2D eigenvalue weighted by molar-refractivity contribution is 0.309. The number of rotatable bonds is 11. The second kappa shape index (κ2) is 13.1. The number of nitrogens with zero attached hydrogens (tertiary/aromatic N) is 1. The van der Waals surface area contributed by atoms with Gasteiger partial charge in [-0.15, -0.1) is 0 Å². The minimum atomic E-state index is 0.745. The first kappa shape index (κ1) is 19.7. The van der Waals surface area contributed by atoms with Crippen molar-refractivity contribution >= 4 is 17.7 Å². The summed E-state index contributed by atoms with van der Waals surface area (Å²) in [6, 6.07) is 8.24. The topological polar surface area (TPSA) is 45.6 Å². The molecule has 0 fully saturated rings. The zero-order chi connectivity index (χ0) is 16.8. The van der Waals surface area contributed by atoms with Crippen LogP contribution in [0.1, 0.15) is 38.2 Å². The molecule has 0 amide bonds. The smallest absolute Gasteiger partial charge is 0.191 e. The molecule has 23 heavy (non-hydrogen) atoms. The van der Waals surface area contributed by atoms with E-state index in [0.29, 0.717) is 0 Å². The molecule has 0 radical (unpaired) electrons. The van der Waals surface area contributed by atoms with Crippen LogP contribution >= 0.6 is 11.8 Å². The van der Waals surface area contributed by atoms with E-state index in [2.05, 4.69) is 40.9 Å². The Morgan fingerprint density at radius 1 is 1.22 bits per heavy atom. The molecule has 0 aliphatic rings. The van der Waals surface area contributed by atoms with Crippen molar-refractivity contribution in [2.75, 3.05) is 32.2 Å². The first-order valence-corrected chi connectivity index (χ1v) is 9.84. The van der Waals surface area contributed by atoms with Gasteiger partial charge >= 0.3 is 0 Å². The molecular formula is C18H31N3OS. The summed E-state index contributed by atoms with van der Waals surface area (Å²) in [7, 11) is 1.81. The van der Waals surface area contributed by atoms with Gasteiger partial charge < -0.3 is 15.4 Å². The van der Waals surface area contributed by atoms with Crippen LogP contribution in [0.25, 0.3) is 0 Å². The van der Waals surface area contributed by atoms with Crippen molar-refractivity contribution < 1.29 is 4.74 Å². The average Bonchev–Trinajstić information content (AvgIpc) is 2.58. The van der Waals surface area contributed by atoms with E-state index in [0.717, 1.165) is 44.2 Å². The first-order valence-electron chi connectivity index (χ1n) is 8.45. The van der Waals surface area contributed by atoms with Gasteiger partial charge in [0.1, 0.15) is 5.75 Å². The third-order valence-corrected chi connectivity index (χ3v) is 4.11. The predicted octanol–water partition coefficient (Wildman–Crippen LogP) is 3.67. The molecular weight excluding hydrogens is 306 g/mol. The number of ether oxygens (including phenoxy) is 1. The lowest BCUT2D eigenvalue weighted by Crippen LogP contribution is -2.37. The molecule has 0 saturated heterocycles. The Morgan fingerprint density at radius 2 is 2.09 bits per heavy atom.